The number of rotatable bonds is 5. The van der Waals surface area contributed by atoms with Crippen LogP contribution in [0, 0.1) is 5.41 Å². The van der Waals surface area contributed by atoms with Crippen molar-refractivity contribution in [2.24, 2.45) is 5.41 Å². The normalized spacial score (nSPS) is 20.6. The van der Waals surface area contributed by atoms with Gasteiger partial charge in [-0.25, -0.2) is 0 Å². The highest BCUT2D eigenvalue weighted by Crippen LogP contribution is 2.49. The van der Waals surface area contributed by atoms with Crippen LogP contribution in [0.5, 0.6) is 0 Å². The lowest BCUT2D eigenvalue weighted by atomic mass is 9.59. The Hall–Kier alpha value is -2.13. The Balaban J connectivity index is 0.00000109. The zero-order valence-electron chi connectivity index (χ0n) is 17.4. The highest BCUT2D eigenvalue weighted by atomic mass is 16.1. The minimum absolute atomic E-state index is 0.0844. The third kappa shape index (κ3) is 4.82. The molecule has 1 unspecified atom stereocenters. The van der Waals surface area contributed by atoms with E-state index >= 15 is 0 Å². The summed E-state index contributed by atoms with van der Waals surface area (Å²) in [5.74, 6) is 0.0844. The Kier molecular flexibility index (Phi) is 7.27. The van der Waals surface area contributed by atoms with Gasteiger partial charge in [-0.2, -0.15) is 0 Å². The van der Waals surface area contributed by atoms with Crippen molar-refractivity contribution < 1.29 is 4.79 Å². The van der Waals surface area contributed by atoms with Gasteiger partial charge in [-0.1, -0.05) is 62.4 Å². The number of nitrogens with zero attached hydrogens (tertiary/aromatic N) is 1. The van der Waals surface area contributed by atoms with E-state index in [0.29, 0.717) is 11.5 Å². The Morgan fingerprint density at radius 2 is 1.57 bits per heavy atom. The van der Waals surface area contributed by atoms with Crippen LogP contribution in [0.4, 0.5) is 0 Å². The summed E-state index contributed by atoms with van der Waals surface area (Å²) in [7, 11) is 0. The van der Waals surface area contributed by atoms with Crippen LogP contribution in [-0.2, 0) is 6.42 Å². The number of piperidine rings is 1. The van der Waals surface area contributed by atoms with Gasteiger partial charge >= 0.3 is 0 Å². The molecule has 2 aliphatic rings. The fourth-order valence-electron chi connectivity index (χ4n) is 4.51. The molecule has 4 rings (SSSR count). The van der Waals surface area contributed by atoms with Crippen molar-refractivity contribution in [3.05, 3.63) is 71.8 Å². The lowest BCUT2D eigenvalue weighted by Gasteiger charge is -2.54. The Morgan fingerprint density at radius 3 is 2.14 bits per heavy atom. The highest BCUT2D eigenvalue weighted by molar-refractivity contribution is 5.94. The van der Waals surface area contributed by atoms with Crippen LogP contribution in [0.2, 0.25) is 0 Å². The van der Waals surface area contributed by atoms with Crippen LogP contribution in [0.15, 0.2) is 60.7 Å². The molecule has 1 spiro atoms. The largest absolute Gasteiger partial charge is 0.349 e. The number of hydrogen-bond acceptors (Lipinski definition) is 2. The van der Waals surface area contributed by atoms with E-state index in [9.17, 15) is 4.79 Å². The van der Waals surface area contributed by atoms with Crippen molar-refractivity contribution in [1.82, 2.24) is 10.2 Å². The zero-order chi connectivity index (χ0) is 19.8. The molecule has 0 bridgehead atoms. The first-order valence-electron chi connectivity index (χ1n) is 10.9. The molecule has 1 N–H and O–H groups in total. The smallest absolute Gasteiger partial charge is 0.251 e. The second-order valence-corrected chi connectivity index (χ2v) is 7.87. The maximum atomic E-state index is 12.5. The number of likely N-dealkylation sites (tertiary alicyclic amines) is 1. The van der Waals surface area contributed by atoms with E-state index in [1.165, 1.54) is 24.8 Å². The van der Waals surface area contributed by atoms with Crippen LogP contribution < -0.4 is 5.32 Å². The molecular weight excluding hydrogens is 344 g/mol. The fraction of sp³-hybridized carbons (Fsp3) is 0.480. The number of amides is 1. The molecule has 1 atom stereocenters. The van der Waals surface area contributed by atoms with E-state index in [0.717, 1.165) is 38.0 Å². The van der Waals surface area contributed by atoms with E-state index in [-0.39, 0.29) is 5.91 Å². The summed E-state index contributed by atoms with van der Waals surface area (Å²) in [6, 6.07) is 20.7. The van der Waals surface area contributed by atoms with Crippen LogP contribution in [-0.4, -0.2) is 36.5 Å². The standard InChI is InChI=1S/C23H28N2O.C2H6/c26-22(20-9-5-2-6-10-20)24-21-11-13-23(21)14-17-25(18-15-23)16-12-19-7-3-1-4-8-19;1-2/h1-10,21H,11-18H2,(H,24,26);1-2H3. The molecule has 0 radical (unpaired) electrons. The second-order valence-electron chi connectivity index (χ2n) is 7.87. The fourth-order valence-corrected chi connectivity index (χ4v) is 4.51. The van der Waals surface area contributed by atoms with Crippen LogP contribution in [0.1, 0.15) is 55.5 Å². The summed E-state index contributed by atoms with van der Waals surface area (Å²) >= 11 is 0. The molecule has 28 heavy (non-hydrogen) atoms. The lowest BCUT2D eigenvalue weighted by molar-refractivity contribution is -0.00472. The van der Waals surface area contributed by atoms with Crippen molar-refractivity contribution in [3.63, 3.8) is 0 Å². The number of hydrogen-bond donors (Lipinski definition) is 1. The molecule has 1 aliphatic carbocycles. The monoisotopic (exact) mass is 378 g/mol. The molecule has 1 aliphatic heterocycles. The van der Waals surface area contributed by atoms with Gasteiger partial charge in [0.1, 0.15) is 0 Å². The Bertz CT molecular complexity index is 721. The molecule has 1 saturated carbocycles. The van der Waals surface area contributed by atoms with E-state index < -0.39 is 0 Å². The van der Waals surface area contributed by atoms with Gasteiger partial charge in [-0.3, -0.25) is 4.79 Å². The highest BCUT2D eigenvalue weighted by Gasteiger charge is 2.48. The molecule has 3 heteroatoms. The molecule has 1 heterocycles. The van der Waals surface area contributed by atoms with Crippen LogP contribution >= 0.6 is 0 Å². The first kappa shape index (κ1) is 20.6. The quantitative estimate of drug-likeness (QED) is 0.800. The molecule has 2 aromatic carbocycles. The van der Waals surface area contributed by atoms with Gasteiger partial charge < -0.3 is 10.2 Å². The Morgan fingerprint density at radius 1 is 0.964 bits per heavy atom. The van der Waals surface area contributed by atoms with Crippen molar-refractivity contribution in [2.75, 3.05) is 19.6 Å². The van der Waals surface area contributed by atoms with E-state index in [1.54, 1.807) is 0 Å². The van der Waals surface area contributed by atoms with Crippen LogP contribution in [0.25, 0.3) is 0 Å². The first-order valence-corrected chi connectivity index (χ1v) is 10.9. The van der Waals surface area contributed by atoms with Gasteiger partial charge in [-0.15, -0.1) is 0 Å². The number of benzene rings is 2. The maximum absolute atomic E-state index is 12.5. The predicted molar refractivity (Wildman–Crippen MR) is 117 cm³/mol. The molecule has 2 fully saturated rings. The van der Waals surface area contributed by atoms with Gasteiger partial charge in [0, 0.05) is 18.2 Å². The maximum Gasteiger partial charge on any atom is 0.251 e. The van der Waals surface area contributed by atoms with Crippen molar-refractivity contribution in [1.29, 1.82) is 0 Å². The Labute approximate surface area is 170 Å². The van der Waals surface area contributed by atoms with Gasteiger partial charge in [0.25, 0.3) is 5.91 Å². The summed E-state index contributed by atoms with van der Waals surface area (Å²) < 4.78 is 0. The molecule has 0 aromatic heterocycles. The average Bonchev–Trinajstić information content (AvgIpc) is 2.78. The molecule has 150 valence electrons. The minimum atomic E-state index is 0.0844. The van der Waals surface area contributed by atoms with Gasteiger partial charge in [0.05, 0.1) is 0 Å². The number of carbonyl (C=O) groups excluding carboxylic acids is 1. The summed E-state index contributed by atoms with van der Waals surface area (Å²) in [5, 5.41) is 3.31. The molecule has 3 nitrogen and oxygen atoms in total. The lowest BCUT2D eigenvalue weighted by Crippen LogP contribution is -2.59. The summed E-state index contributed by atoms with van der Waals surface area (Å²) in [4.78, 5) is 15.1. The minimum Gasteiger partial charge on any atom is -0.349 e. The van der Waals surface area contributed by atoms with Gasteiger partial charge in [0.2, 0.25) is 0 Å². The average molecular weight is 379 g/mol. The molecular formula is C25H34N2O. The van der Waals surface area contributed by atoms with Crippen molar-refractivity contribution >= 4 is 5.91 Å². The van der Waals surface area contributed by atoms with E-state index in [4.69, 9.17) is 0 Å². The van der Waals surface area contributed by atoms with Crippen LogP contribution in [0.3, 0.4) is 0 Å². The summed E-state index contributed by atoms with van der Waals surface area (Å²) in [6.07, 6.45) is 5.94. The molecule has 1 amide bonds. The van der Waals surface area contributed by atoms with Crippen molar-refractivity contribution in [2.45, 2.75) is 52.0 Å². The molecule has 2 aromatic rings. The molecule has 1 saturated heterocycles. The topological polar surface area (TPSA) is 32.3 Å². The van der Waals surface area contributed by atoms with E-state index in [1.807, 2.05) is 44.2 Å². The first-order chi connectivity index (χ1) is 13.8. The number of nitrogens with one attached hydrogen (secondary N) is 1. The van der Waals surface area contributed by atoms with Gasteiger partial charge in [-0.05, 0) is 68.3 Å². The summed E-state index contributed by atoms with van der Waals surface area (Å²) in [6.45, 7) is 7.45. The third-order valence-electron chi connectivity index (χ3n) is 6.42. The van der Waals surface area contributed by atoms with Crippen molar-refractivity contribution in [3.8, 4) is 0 Å². The van der Waals surface area contributed by atoms with Gasteiger partial charge in [0.15, 0.2) is 0 Å². The second kappa shape index (κ2) is 9.88. The third-order valence-corrected chi connectivity index (χ3v) is 6.42. The number of carbonyl (C=O) groups is 1. The van der Waals surface area contributed by atoms with E-state index in [2.05, 4.69) is 40.5 Å². The SMILES string of the molecule is CC.O=C(NC1CCC12CCN(CCc1ccccc1)CC2)c1ccccc1. The summed E-state index contributed by atoms with van der Waals surface area (Å²) in [5.41, 5.74) is 2.53. The zero-order valence-corrected chi connectivity index (χ0v) is 17.4. The predicted octanol–water partition coefficient (Wildman–Crippen LogP) is 4.93.